The molecule has 25 heavy (non-hydrogen) atoms. The van der Waals surface area contributed by atoms with Crippen molar-refractivity contribution >= 4 is 34.5 Å². The lowest BCUT2D eigenvalue weighted by Gasteiger charge is -2.25. The minimum atomic E-state index is -0.621. The van der Waals surface area contributed by atoms with Crippen LogP contribution in [0.3, 0.4) is 0 Å². The summed E-state index contributed by atoms with van der Waals surface area (Å²) in [5, 5.41) is 6.59. The molecule has 0 spiro atoms. The molecule has 0 bridgehead atoms. The van der Waals surface area contributed by atoms with Crippen LogP contribution in [0.2, 0.25) is 0 Å². The van der Waals surface area contributed by atoms with E-state index in [1.54, 1.807) is 41.6 Å². The third-order valence-corrected chi connectivity index (χ3v) is 5.36. The molecule has 1 N–H and O–H groups in total. The highest BCUT2D eigenvalue weighted by Crippen LogP contribution is 2.16. The Labute approximate surface area is 153 Å². The second kappa shape index (κ2) is 8.13. The summed E-state index contributed by atoms with van der Waals surface area (Å²) < 4.78 is 5.38. The topological polar surface area (TPSA) is 62.6 Å². The lowest BCUT2D eigenvalue weighted by Crippen LogP contribution is -2.46. The average Bonchev–Trinajstić information content (AvgIpc) is 3.35. The van der Waals surface area contributed by atoms with Crippen molar-refractivity contribution in [3.05, 3.63) is 68.9 Å². The molecule has 0 aliphatic rings. The Balaban J connectivity index is 1.69. The first-order valence-electron chi connectivity index (χ1n) is 7.81. The van der Waals surface area contributed by atoms with E-state index in [4.69, 9.17) is 4.42 Å². The highest BCUT2D eigenvalue weighted by atomic mass is 32.1. The summed E-state index contributed by atoms with van der Waals surface area (Å²) in [6, 6.07) is 10.5. The average molecular weight is 374 g/mol. The van der Waals surface area contributed by atoms with Crippen molar-refractivity contribution in [1.82, 2.24) is 10.2 Å². The van der Waals surface area contributed by atoms with E-state index in [1.165, 1.54) is 11.3 Å². The van der Waals surface area contributed by atoms with E-state index in [9.17, 15) is 9.59 Å². The van der Waals surface area contributed by atoms with E-state index < -0.39 is 6.04 Å². The van der Waals surface area contributed by atoms with Gasteiger partial charge in [-0.2, -0.15) is 0 Å². The summed E-state index contributed by atoms with van der Waals surface area (Å²) >= 11 is 2.95. The van der Waals surface area contributed by atoms with Gasteiger partial charge in [0.2, 0.25) is 5.91 Å². The Kier molecular flexibility index (Phi) is 5.67. The van der Waals surface area contributed by atoms with E-state index >= 15 is 0 Å². The smallest absolute Gasteiger partial charge is 0.261 e. The number of nitrogens with one attached hydrogen (secondary N) is 1. The van der Waals surface area contributed by atoms with Gasteiger partial charge >= 0.3 is 0 Å². The fourth-order valence-electron chi connectivity index (χ4n) is 2.40. The molecule has 1 atom stereocenters. The molecule has 0 aromatic carbocycles. The molecule has 0 aliphatic carbocycles. The molecule has 0 saturated carbocycles. The number of carbonyl (C=O) groups is 2. The molecule has 3 aromatic heterocycles. The fourth-order valence-corrected chi connectivity index (χ4v) is 3.75. The van der Waals surface area contributed by atoms with Gasteiger partial charge in [-0.05, 0) is 41.9 Å². The monoisotopic (exact) mass is 374 g/mol. The molecule has 3 heterocycles. The number of furan rings is 1. The molecule has 3 aromatic rings. The molecule has 0 radical (unpaired) electrons. The van der Waals surface area contributed by atoms with Gasteiger partial charge in [0.05, 0.1) is 24.2 Å². The molecule has 0 fully saturated rings. The molecule has 0 saturated heterocycles. The summed E-state index contributed by atoms with van der Waals surface area (Å²) in [5.74, 6) is 0.335. The van der Waals surface area contributed by atoms with Crippen molar-refractivity contribution in [1.29, 1.82) is 0 Å². The summed E-state index contributed by atoms with van der Waals surface area (Å²) in [6.45, 7) is 2.55. The molecule has 2 amide bonds. The van der Waals surface area contributed by atoms with Gasteiger partial charge in [-0.25, -0.2) is 0 Å². The second-order valence-electron chi connectivity index (χ2n) is 5.53. The van der Waals surface area contributed by atoms with Gasteiger partial charge in [0.15, 0.2) is 0 Å². The zero-order chi connectivity index (χ0) is 17.6. The Bertz CT molecular complexity index is 759. The molecular formula is C18H18N2O3S2. The van der Waals surface area contributed by atoms with Crippen molar-refractivity contribution in [2.24, 2.45) is 0 Å². The van der Waals surface area contributed by atoms with Crippen molar-refractivity contribution < 1.29 is 14.0 Å². The molecule has 1 unspecified atom stereocenters. The van der Waals surface area contributed by atoms with E-state index in [2.05, 4.69) is 5.32 Å². The third kappa shape index (κ3) is 4.58. The van der Waals surface area contributed by atoms with Crippen LogP contribution >= 0.6 is 22.7 Å². The molecule has 5 nitrogen and oxygen atoms in total. The van der Waals surface area contributed by atoms with Gasteiger partial charge in [-0.15, -0.1) is 22.7 Å². The molecule has 3 rings (SSSR count). The van der Waals surface area contributed by atoms with Crippen LogP contribution in [0.1, 0.15) is 27.2 Å². The van der Waals surface area contributed by atoms with Crippen molar-refractivity contribution in [2.75, 3.05) is 0 Å². The Morgan fingerprint density at radius 1 is 1.12 bits per heavy atom. The summed E-state index contributed by atoms with van der Waals surface area (Å²) in [6.07, 6.45) is 1.59. The van der Waals surface area contributed by atoms with Gasteiger partial charge in [0.1, 0.15) is 11.8 Å². The third-order valence-electron chi connectivity index (χ3n) is 3.63. The lowest BCUT2D eigenvalue weighted by atomic mass is 10.2. The fraction of sp³-hybridized carbons (Fsp3) is 0.222. The predicted octanol–water partition coefficient (Wildman–Crippen LogP) is 3.75. The Morgan fingerprint density at radius 3 is 2.56 bits per heavy atom. The predicted molar refractivity (Wildman–Crippen MR) is 98.5 cm³/mol. The maximum atomic E-state index is 12.9. The SMILES string of the molecule is CC(NC(=O)c1cccs1)C(=O)N(Cc1ccco1)Cc1cccs1. The molecule has 7 heteroatoms. The first-order chi connectivity index (χ1) is 12.1. The number of nitrogens with zero attached hydrogens (tertiary/aromatic N) is 1. The van der Waals surface area contributed by atoms with Crippen LogP contribution in [-0.4, -0.2) is 22.8 Å². The maximum absolute atomic E-state index is 12.9. The first kappa shape index (κ1) is 17.4. The standard InChI is InChI=1S/C18H18N2O3S2/c1-13(19-17(21)16-7-4-10-25-16)18(22)20(11-14-5-2-8-23-14)12-15-6-3-9-24-15/h2-10,13H,11-12H2,1H3,(H,19,21). The number of hydrogen-bond acceptors (Lipinski definition) is 5. The molecule has 0 aliphatic heterocycles. The van der Waals surface area contributed by atoms with Gasteiger partial charge in [0.25, 0.3) is 5.91 Å². The van der Waals surface area contributed by atoms with E-state index in [0.717, 1.165) is 4.88 Å². The Morgan fingerprint density at radius 2 is 1.92 bits per heavy atom. The van der Waals surface area contributed by atoms with Gasteiger partial charge in [0, 0.05) is 4.88 Å². The number of thiophene rings is 2. The zero-order valence-corrected chi connectivity index (χ0v) is 15.3. The summed E-state index contributed by atoms with van der Waals surface area (Å²) in [7, 11) is 0. The van der Waals surface area contributed by atoms with Gasteiger partial charge in [-0.1, -0.05) is 12.1 Å². The molecular weight excluding hydrogens is 356 g/mol. The van der Waals surface area contributed by atoms with Crippen LogP contribution in [0.25, 0.3) is 0 Å². The number of carbonyl (C=O) groups excluding carboxylic acids is 2. The first-order valence-corrected chi connectivity index (χ1v) is 9.57. The Hall–Kier alpha value is -2.38. The van der Waals surface area contributed by atoms with Crippen LogP contribution in [0.15, 0.2) is 57.8 Å². The number of rotatable bonds is 7. The maximum Gasteiger partial charge on any atom is 0.261 e. The summed E-state index contributed by atoms with van der Waals surface area (Å²) in [4.78, 5) is 28.4. The summed E-state index contributed by atoms with van der Waals surface area (Å²) in [5.41, 5.74) is 0. The number of amides is 2. The van der Waals surface area contributed by atoms with Crippen LogP contribution in [-0.2, 0) is 17.9 Å². The van der Waals surface area contributed by atoms with Crippen LogP contribution in [0, 0.1) is 0 Å². The zero-order valence-electron chi connectivity index (χ0n) is 13.7. The second-order valence-corrected chi connectivity index (χ2v) is 7.51. The van der Waals surface area contributed by atoms with E-state index in [-0.39, 0.29) is 11.8 Å². The van der Waals surface area contributed by atoms with Crippen molar-refractivity contribution in [2.45, 2.75) is 26.1 Å². The van der Waals surface area contributed by atoms with Crippen LogP contribution in [0.4, 0.5) is 0 Å². The minimum absolute atomic E-state index is 0.144. The van der Waals surface area contributed by atoms with Gasteiger partial charge in [-0.3, -0.25) is 9.59 Å². The normalized spacial score (nSPS) is 11.9. The molecule has 130 valence electrons. The van der Waals surface area contributed by atoms with E-state index in [1.807, 2.05) is 35.0 Å². The quantitative estimate of drug-likeness (QED) is 0.685. The minimum Gasteiger partial charge on any atom is -0.467 e. The van der Waals surface area contributed by atoms with Crippen molar-refractivity contribution in [3.63, 3.8) is 0 Å². The highest BCUT2D eigenvalue weighted by molar-refractivity contribution is 7.12. The lowest BCUT2D eigenvalue weighted by molar-refractivity contribution is -0.134. The highest BCUT2D eigenvalue weighted by Gasteiger charge is 2.24. The van der Waals surface area contributed by atoms with Crippen molar-refractivity contribution in [3.8, 4) is 0 Å². The van der Waals surface area contributed by atoms with Crippen LogP contribution in [0.5, 0.6) is 0 Å². The largest absolute Gasteiger partial charge is 0.467 e. The van der Waals surface area contributed by atoms with E-state index in [0.29, 0.717) is 23.7 Å². The van der Waals surface area contributed by atoms with Crippen LogP contribution < -0.4 is 5.32 Å². The van der Waals surface area contributed by atoms with Gasteiger partial charge < -0.3 is 14.6 Å². The number of hydrogen-bond donors (Lipinski definition) is 1.